The van der Waals surface area contributed by atoms with Crippen molar-refractivity contribution in [2.75, 3.05) is 32.8 Å². The molecule has 6 nitrogen and oxygen atoms in total. The second-order valence-electron chi connectivity index (χ2n) is 15.9. The predicted octanol–water partition coefficient (Wildman–Crippen LogP) is 13.3. The lowest BCUT2D eigenvalue weighted by Crippen LogP contribution is -2.29. The number of nitrogens with zero attached hydrogens (tertiary/aromatic N) is 1. The van der Waals surface area contributed by atoms with Gasteiger partial charge < -0.3 is 19.5 Å². The fourth-order valence-corrected chi connectivity index (χ4v) is 7.34. The second-order valence-corrected chi connectivity index (χ2v) is 15.9. The molecule has 0 amide bonds. The molecule has 1 unspecified atom stereocenters. The van der Waals surface area contributed by atoms with Gasteiger partial charge in [0.15, 0.2) is 0 Å². The number of unbranched alkanes of at least 4 members (excludes halogenated alkanes) is 23. The number of carbonyl (C=O) groups is 2. The smallest absolute Gasteiger partial charge is 0.308 e. The Hall–Kier alpha value is -1.14. The molecule has 0 saturated carbocycles. The van der Waals surface area contributed by atoms with Gasteiger partial charge in [0.25, 0.3) is 0 Å². The van der Waals surface area contributed by atoms with Crippen LogP contribution in [0.1, 0.15) is 240 Å². The van der Waals surface area contributed by atoms with Gasteiger partial charge in [0.05, 0.1) is 19.1 Å². The summed E-state index contributed by atoms with van der Waals surface area (Å²) in [5.41, 5.74) is 0. The number of ether oxygens (including phenoxy) is 2. The van der Waals surface area contributed by atoms with Gasteiger partial charge in [-0.05, 0) is 70.9 Å². The molecule has 6 heteroatoms. The van der Waals surface area contributed by atoms with Gasteiger partial charge in [0.1, 0.15) is 6.10 Å². The van der Waals surface area contributed by atoms with Gasteiger partial charge in [-0.2, -0.15) is 0 Å². The predicted molar refractivity (Wildman–Crippen MR) is 223 cm³/mol. The van der Waals surface area contributed by atoms with Crippen LogP contribution in [0.5, 0.6) is 0 Å². The van der Waals surface area contributed by atoms with E-state index in [1.807, 2.05) is 0 Å². The Morgan fingerprint density at radius 3 is 1.40 bits per heavy atom. The Labute approximate surface area is 324 Å². The molecule has 0 rings (SSSR count). The van der Waals surface area contributed by atoms with E-state index in [1.165, 1.54) is 122 Å². The first-order valence-electron chi connectivity index (χ1n) is 23.2. The van der Waals surface area contributed by atoms with E-state index in [9.17, 15) is 14.7 Å². The highest BCUT2D eigenvalue weighted by molar-refractivity contribution is 5.72. The number of rotatable bonds is 42. The van der Waals surface area contributed by atoms with Crippen molar-refractivity contribution in [1.82, 2.24) is 4.90 Å². The molecular formula is C46H91NO5. The summed E-state index contributed by atoms with van der Waals surface area (Å²) in [5, 5.41) is 9.57. The van der Waals surface area contributed by atoms with Crippen molar-refractivity contribution in [2.45, 2.75) is 246 Å². The fraction of sp³-hybridized carbons (Fsp3) is 0.957. The summed E-state index contributed by atoms with van der Waals surface area (Å²) >= 11 is 0. The molecule has 0 fully saturated rings. The second kappa shape index (κ2) is 41.0. The molecular weight excluding hydrogens is 647 g/mol. The third-order valence-electron chi connectivity index (χ3n) is 10.9. The van der Waals surface area contributed by atoms with Crippen LogP contribution in [-0.4, -0.2) is 60.9 Å². The van der Waals surface area contributed by atoms with Crippen LogP contribution in [0, 0.1) is 5.92 Å². The largest absolute Gasteiger partial charge is 0.465 e. The van der Waals surface area contributed by atoms with E-state index in [-0.39, 0.29) is 30.6 Å². The van der Waals surface area contributed by atoms with E-state index in [4.69, 9.17) is 9.47 Å². The van der Waals surface area contributed by atoms with Crippen LogP contribution >= 0.6 is 0 Å². The highest BCUT2D eigenvalue weighted by atomic mass is 16.5. The van der Waals surface area contributed by atoms with Gasteiger partial charge in [-0.3, -0.25) is 9.59 Å². The molecule has 0 aromatic heterocycles. The Morgan fingerprint density at radius 2 is 0.923 bits per heavy atom. The molecule has 1 N–H and O–H groups in total. The third-order valence-corrected chi connectivity index (χ3v) is 10.9. The van der Waals surface area contributed by atoms with Crippen LogP contribution in [0.25, 0.3) is 0 Å². The molecule has 0 spiro atoms. The van der Waals surface area contributed by atoms with E-state index in [2.05, 4.69) is 32.6 Å². The zero-order valence-corrected chi connectivity index (χ0v) is 35.6. The zero-order valence-electron chi connectivity index (χ0n) is 35.6. The minimum absolute atomic E-state index is 0.0146. The van der Waals surface area contributed by atoms with Crippen molar-refractivity contribution in [3.8, 4) is 0 Å². The van der Waals surface area contributed by atoms with Crippen LogP contribution in [0.4, 0.5) is 0 Å². The van der Waals surface area contributed by atoms with Gasteiger partial charge in [-0.1, -0.05) is 175 Å². The normalized spacial score (nSPS) is 12.2. The summed E-state index contributed by atoms with van der Waals surface area (Å²) in [6, 6.07) is 0. The van der Waals surface area contributed by atoms with Crippen LogP contribution in [-0.2, 0) is 19.1 Å². The van der Waals surface area contributed by atoms with Gasteiger partial charge in [0.2, 0.25) is 0 Å². The van der Waals surface area contributed by atoms with Gasteiger partial charge >= 0.3 is 11.9 Å². The molecule has 1 atom stereocenters. The molecule has 0 aliphatic rings. The monoisotopic (exact) mass is 738 g/mol. The summed E-state index contributed by atoms with van der Waals surface area (Å²) in [6.07, 6.45) is 38.5. The third kappa shape index (κ3) is 34.6. The SMILES string of the molecule is CCCCCCCCC(CC)OC(=O)CCCCCCCN(CCO)CCCCCCCOC(=O)C(CCCCCCCC)CCCCCCCC. The molecule has 0 bridgehead atoms. The molecule has 0 radical (unpaired) electrons. The topological polar surface area (TPSA) is 76.1 Å². The first kappa shape index (κ1) is 50.9. The molecule has 0 aromatic rings. The Kier molecular flexibility index (Phi) is 40.1. The summed E-state index contributed by atoms with van der Waals surface area (Å²) in [7, 11) is 0. The molecule has 310 valence electrons. The Balaban J connectivity index is 4.03. The van der Waals surface area contributed by atoms with E-state index < -0.39 is 0 Å². The molecule has 0 aliphatic carbocycles. The van der Waals surface area contributed by atoms with Gasteiger partial charge in [-0.25, -0.2) is 0 Å². The fourth-order valence-electron chi connectivity index (χ4n) is 7.34. The first-order valence-corrected chi connectivity index (χ1v) is 23.2. The van der Waals surface area contributed by atoms with Crippen LogP contribution < -0.4 is 0 Å². The van der Waals surface area contributed by atoms with Crippen LogP contribution in [0.2, 0.25) is 0 Å². The molecule has 0 heterocycles. The summed E-state index contributed by atoms with van der Waals surface area (Å²) in [4.78, 5) is 27.7. The van der Waals surface area contributed by atoms with E-state index in [1.54, 1.807) is 0 Å². The molecule has 52 heavy (non-hydrogen) atoms. The zero-order chi connectivity index (χ0) is 38.2. The molecule has 0 saturated heterocycles. The lowest BCUT2D eigenvalue weighted by atomic mass is 9.94. The number of esters is 2. The van der Waals surface area contributed by atoms with Crippen molar-refractivity contribution in [1.29, 1.82) is 0 Å². The van der Waals surface area contributed by atoms with Crippen molar-refractivity contribution in [2.24, 2.45) is 5.92 Å². The maximum Gasteiger partial charge on any atom is 0.308 e. The van der Waals surface area contributed by atoms with Crippen molar-refractivity contribution in [3.63, 3.8) is 0 Å². The highest BCUT2D eigenvalue weighted by Crippen LogP contribution is 2.21. The van der Waals surface area contributed by atoms with Gasteiger partial charge in [-0.15, -0.1) is 0 Å². The molecule has 0 aromatic carbocycles. The lowest BCUT2D eigenvalue weighted by Gasteiger charge is -2.21. The lowest BCUT2D eigenvalue weighted by molar-refractivity contribution is -0.150. The minimum Gasteiger partial charge on any atom is -0.465 e. The maximum atomic E-state index is 13.0. The van der Waals surface area contributed by atoms with Crippen molar-refractivity contribution >= 4 is 11.9 Å². The van der Waals surface area contributed by atoms with E-state index >= 15 is 0 Å². The van der Waals surface area contributed by atoms with E-state index in [0.29, 0.717) is 13.0 Å². The summed E-state index contributed by atoms with van der Waals surface area (Å²) in [5.74, 6) is 0.138. The standard InChI is InChI=1S/C46H91NO5/c1-5-9-12-15-20-27-34-43(35-28-21-16-13-10-6-2)46(50)51-42-33-26-19-25-32-39-47(40-41-48)38-31-24-18-23-30-37-45(49)52-44(8-4)36-29-22-17-14-11-7-3/h43-44,48H,5-42H2,1-4H3. The molecule has 0 aliphatic heterocycles. The number of aliphatic hydroxyl groups excluding tert-OH is 1. The van der Waals surface area contributed by atoms with Crippen LogP contribution in [0.15, 0.2) is 0 Å². The Bertz CT molecular complexity index is 730. The Morgan fingerprint density at radius 1 is 0.500 bits per heavy atom. The summed E-state index contributed by atoms with van der Waals surface area (Å²) in [6.45, 7) is 12.5. The first-order chi connectivity index (χ1) is 25.5. The quantitative estimate of drug-likeness (QED) is 0.0496. The average Bonchev–Trinajstić information content (AvgIpc) is 3.14. The van der Waals surface area contributed by atoms with Crippen molar-refractivity contribution < 1.29 is 24.2 Å². The average molecular weight is 738 g/mol. The number of carbonyl (C=O) groups excluding carboxylic acids is 2. The number of aliphatic hydroxyl groups is 1. The summed E-state index contributed by atoms with van der Waals surface area (Å²) < 4.78 is 11.6. The van der Waals surface area contributed by atoms with Gasteiger partial charge in [0, 0.05) is 13.0 Å². The number of hydrogen-bond acceptors (Lipinski definition) is 6. The minimum atomic E-state index is -0.0146. The maximum absolute atomic E-state index is 13.0. The van der Waals surface area contributed by atoms with Crippen LogP contribution in [0.3, 0.4) is 0 Å². The van der Waals surface area contributed by atoms with E-state index in [0.717, 1.165) is 103 Å². The highest BCUT2D eigenvalue weighted by Gasteiger charge is 2.19. The number of hydrogen-bond donors (Lipinski definition) is 1. The van der Waals surface area contributed by atoms with Crippen molar-refractivity contribution in [3.05, 3.63) is 0 Å².